The van der Waals surface area contributed by atoms with Crippen LogP contribution in [0.15, 0.2) is 53.8 Å². The van der Waals surface area contributed by atoms with Gasteiger partial charge in [0.15, 0.2) is 11.5 Å². The molecule has 1 N–H and O–H groups in total. The Kier molecular flexibility index (Phi) is 15.6. The number of benzene rings is 2. The molecule has 9 nitrogen and oxygen atoms in total. The first-order valence-electron chi connectivity index (χ1n) is 15.2. The number of esters is 2. The first-order valence-corrected chi connectivity index (χ1v) is 17.1. The van der Waals surface area contributed by atoms with Crippen molar-refractivity contribution < 1.29 is 50.2 Å². The lowest BCUT2D eigenvalue weighted by molar-refractivity contribution is -0.136. The molecule has 0 unspecified atom stereocenters. The summed E-state index contributed by atoms with van der Waals surface area (Å²) in [5, 5.41) is 0.0374. The van der Waals surface area contributed by atoms with E-state index in [9.17, 15) is 40.8 Å². The summed E-state index contributed by atoms with van der Waals surface area (Å²) in [4.78, 5) is 48.3. The van der Waals surface area contributed by atoms with E-state index in [1.807, 2.05) is 0 Å². The van der Waals surface area contributed by atoms with Crippen LogP contribution in [-0.2, 0) is 24.3 Å². The van der Waals surface area contributed by atoms with E-state index in [-0.39, 0.29) is 22.3 Å². The fourth-order valence-corrected chi connectivity index (χ4v) is 5.51. The summed E-state index contributed by atoms with van der Waals surface area (Å²) in [5.74, 6) is -2.24. The van der Waals surface area contributed by atoms with Crippen LogP contribution in [0.2, 0.25) is 5.02 Å². The third kappa shape index (κ3) is 11.8. The molecule has 0 saturated heterocycles. The Morgan fingerprint density at radius 3 is 1.89 bits per heavy atom. The monoisotopic (exact) mass is 701 g/mol. The minimum atomic E-state index is -5.63. The van der Waals surface area contributed by atoms with E-state index in [2.05, 4.69) is 11.7 Å². The minimum absolute atomic E-state index is 0.0374. The van der Waals surface area contributed by atoms with E-state index in [4.69, 9.17) is 16.3 Å². The molecule has 0 fully saturated rings. The van der Waals surface area contributed by atoms with E-state index in [1.54, 1.807) is 24.3 Å². The van der Waals surface area contributed by atoms with Gasteiger partial charge in [-0.2, -0.15) is 21.6 Å². The lowest BCUT2D eigenvalue weighted by Gasteiger charge is -2.20. The fourth-order valence-electron chi connectivity index (χ4n) is 4.76. The van der Waals surface area contributed by atoms with Crippen LogP contribution in [0.25, 0.3) is 0 Å². The van der Waals surface area contributed by atoms with Gasteiger partial charge in [-0.3, -0.25) is 19.1 Å². The summed E-state index contributed by atoms with van der Waals surface area (Å²) in [6.45, 7) is 3.48. The standard InChI is InChI=1S/C24H32O4.C9H7ClF3NO4S/c1-3-4-5-6-7-8-9-10-11-12-17-21-22(26)19-15-13-14-16-20(19)23(27)24(21)28-18(2)25;1-18-8(15)6-4-5(10)2-3-7(6)14-19(16,17)9(11,12)13/h13-16H,3-12,17H2,1-2H3;2-4,14H,1H3. The maximum atomic E-state index is 12.8. The predicted molar refractivity (Wildman–Crippen MR) is 172 cm³/mol. The summed E-state index contributed by atoms with van der Waals surface area (Å²) < 4.78 is 69.3. The number of ether oxygens (including phenoxy) is 2. The number of anilines is 1. The molecular formula is C33H39ClF3NO8S. The molecule has 0 amide bonds. The number of hydrogen-bond donors (Lipinski definition) is 1. The molecule has 0 aliphatic heterocycles. The van der Waals surface area contributed by atoms with E-state index in [1.165, 1.54) is 56.6 Å². The summed E-state index contributed by atoms with van der Waals surface area (Å²) in [6, 6.07) is 9.78. The number of unbranched alkanes of at least 4 members (excludes halogenated alkanes) is 9. The minimum Gasteiger partial charge on any atom is -0.465 e. The van der Waals surface area contributed by atoms with Crippen LogP contribution in [0.4, 0.5) is 18.9 Å². The Morgan fingerprint density at radius 1 is 0.851 bits per heavy atom. The van der Waals surface area contributed by atoms with Gasteiger partial charge in [-0.1, -0.05) is 101 Å². The number of methoxy groups -OCH3 is 1. The second kappa shape index (κ2) is 18.6. The SMILES string of the molecule is CCCCCCCCCCCCC1=C(OC(C)=O)C(=O)c2ccccc2C1=O.COC(=O)c1cc(Cl)ccc1NS(=O)(=O)C(F)(F)F. The average Bonchev–Trinajstić information content (AvgIpc) is 3.01. The molecule has 1 aliphatic rings. The molecule has 0 aromatic heterocycles. The molecule has 0 atom stereocenters. The van der Waals surface area contributed by atoms with Crippen molar-refractivity contribution in [3.05, 3.63) is 75.5 Å². The van der Waals surface area contributed by atoms with Crippen molar-refractivity contribution in [2.75, 3.05) is 11.8 Å². The number of alkyl halides is 3. The first kappa shape index (κ1) is 39.5. The third-order valence-electron chi connectivity index (χ3n) is 7.13. The normalized spacial score (nSPS) is 13.0. The van der Waals surface area contributed by atoms with E-state index in [0.717, 1.165) is 44.6 Å². The first-order chi connectivity index (χ1) is 22.1. The zero-order valence-corrected chi connectivity index (χ0v) is 28.1. The maximum absolute atomic E-state index is 12.8. The van der Waals surface area contributed by atoms with Crippen LogP contribution in [0.5, 0.6) is 0 Å². The summed E-state index contributed by atoms with van der Waals surface area (Å²) >= 11 is 5.57. The Balaban J connectivity index is 0.000000353. The van der Waals surface area contributed by atoms with Crippen molar-refractivity contribution >= 4 is 50.8 Å². The average molecular weight is 702 g/mol. The molecule has 2 aromatic rings. The van der Waals surface area contributed by atoms with E-state index < -0.39 is 38.7 Å². The number of sulfonamides is 1. The number of allylic oxidation sites excluding steroid dienone is 2. The zero-order valence-electron chi connectivity index (χ0n) is 26.5. The van der Waals surface area contributed by atoms with Gasteiger partial charge in [0.05, 0.1) is 18.4 Å². The molecule has 0 bridgehead atoms. The summed E-state index contributed by atoms with van der Waals surface area (Å²) in [5.41, 5.74) is -5.43. The van der Waals surface area contributed by atoms with Gasteiger partial charge in [0.25, 0.3) is 0 Å². The molecule has 0 spiro atoms. The van der Waals surface area contributed by atoms with E-state index >= 15 is 0 Å². The molecule has 0 radical (unpaired) electrons. The quantitative estimate of drug-likeness (QED) is 0.144. The second-order valence-corrected chi connectivity index (χ2v) is 12.9. The van der Waals surface area contributed by atoms with Crippen LogP contribution in [0.1, 0.15) is 116 Å². The number of rotatable bonds is 15. The van der Waals surface area contributed by atoms with Gasteiger partial charge < -0.3 is 9.47 Å². The second-order valence-electron chi connectivity index (χ2n) is 10.8. The molecule has 3 rings (SSSR count). The largest absolute Gasteiger partial charge is 0.516 e. The molecule has 14 heteroatoms. The van der Waals surface area contributed by atoms with Crippen LogP contribution in [0, 0.1) is 0 Å². The highest BCUT2D eigenvalue weighted by atomic mass is 35.5. The van der Waals surface area contributed by atoms with Gasteiger partial charge in [0, 0.05) is 28.6 Å². The molecule has 47 heavy (non-hydrogen) atoms. The molecule has 0 heterocycles. The number of carbonyl (C=O) groups is 4. The van der Waals surface area contributed by atoms with Crippen LogP contribution in [0.3, 0.4) is 0 Å². The van der Waals surface area contributed by atoms with Gasteiger partial charge in [-0.25, -0.2) is 4.79 Å². The molecule has 1 aliphatic carbocycles. The van der Waals surface area contributed by atoms with Gasteiger partial charge in [-0.15, -0.1) is 0 Å². The number of hydrogen-bond acceptors (Lipinski definition) is 8. The van der Waals surface area contributed by atoms with Crippen LogP contribution >= 0.6 is 11.6 Å². The molecular weight excluding hydrogens is 663 g/mol. The highest BCUT2D eigenvalue weighted by Gasteiger charge is 2.46. The van der Waals surface area contributed by atoms with Crippen LogP contribution in [-0.4, -0.2) is 44.5 Å². The van der Waals surface area contributed by atoms with Gasteiger partial charge >= 0.3 is 27.5 Å². The topological polar surface area (TPSA) is 133 Å². The maximum Gasteiger partial charge on any atom is 0.516 e. The Bertz CT molecular complexity index is 1570. The van der Waals surface area contributed by atoms with Crippen molar-refractivity contribution in [1.29, 1.82) is 0 Å². The van der Waals surface area contributed by atoms with Crippen molar-refractivity contribution in [3.8, 4) is 0 Å². The van der Waals surface area contributed by atoms with Crippen LogP contribution < -0.4 is 4.72 Å². The van der Waals surface area contributed by atoms with Crippen molar-refractivity contribution in [2.24, 2.45) is 0 Å². The number of halogens is 4. The Hall–Kier alpha value is -3.71. The van der Waals surface area contributed by atoms with Gasteiger partial charge in [-0.05, 0) is 31.0 Å². The number of carbonyl (C=O) groups excluding carboxylic acids is 4. The summed E-state index contributed by atoms with van der Waals surface area (Å²) in [7, 11) is -4.64. The fraction of sp³-hybridized carbons (Fsp3) is 0.455. The number of Topliss-reactive ketones (excluding diaryl/α,β-unsaturated/α-hetero) is 2. The van der Waals surface area contributed by atoms with Crippen molar-refractivity contribution in [1.82, 2.24) is 0 Å². The number of fused-ring (bicyclic) bond motifs is 1. The zero-order chi connectivity index (χ0) is 35.2. The Labute approximate surface area is 277 Å². The van der Waals surface area contributed by atoms with Crippen molar-refractivity contribution in [2.45, 2.75) is 90.0 Å². The lowest BCUT2D eigenvalue weighted by Crippen LogP contribution is -2.30. The highest BCUT2D eigenvalue weighted by molar-refractivity contribution is 7.93. The van der Waals surface area contributed by atoms with E-state index in [0.29, 0.717) is 23.1 Å². The molecule has 258 valence electrons. The van der Waals surface area contributed by atoms with Gasteiger partial charge in [0.2, 0.25) is 5.78 Å². The smallest absolute Gasteiger partial charge is 0.465 e. The number of ketones is 2. The number of nitrogens with one attached hydrogen (secondary N) is 1. The lowest BCUT2D eigenvalue weighted by atomic mass is 9.86. The molecule has 2 aromatic carbocycles. The summed E-state index contributed by atoms with van der Waals surface area (Å²) in [6.07, 6.45) is 12.4. The van der Waals surface area contributed by atoms with Crippen molar-refractivity contribution in [3.63, 3.8) is 0 Å². The molecule has 0 saturated carbocycles. The predicted octanol–water partition coefficient (Wildman–Crippen LogP) is 8.58. The highest BCUT2D eigenvalue weighted by Crippen LogP contribution is 2.31. The Morgan fingerprint density at radius 2 is 1.38 bits per heavy atom. The van der Waals surface area contributed by atoms with Gasteiger partial charge in [0.1, 0.15) is 0 Å². The third-order valence-corrected chi connectivity index (χ3v) is 8.47.